The second kappa shape index (κ2) is 5.18. The summed E-state index contributed by atoms with van der Waals surface area (Å²) in [5, 5.41) is 11.2. The summed E-state index contributed by atoms with van der Waals surface area (Å²) in [6, 6.07) is 0.383. The van der Waals surface area contributed by atoms with Gasteiger partial charge in [-0.15, -0.1) is 5.10 Å². The summed E-state index contributed by atoms with van der Waals surface area (Å²) in [6.45, 7) is 1.86. The van der Waals surface area contributed by atoms with Crippen LogP contribution in [0.25, 0.3) is 0 Å². The summed E-state index contributed by atoms with van der Waals surface area (Å²) >= 11 is 0. The lowest BCUT2D eigenvalue weighted by Crippen LogP contribution is -2.43. The van der Waals surface area contributed by atoms with Gasteiger partial charge in [-0.05, 0) is 12.3 Å². The summed E-state index contributed by atoms with van der Waals surface area (Å²) in [4.78, 5) is 12.0. The minimum atomic E-state index is 0.153. The van der Waals surface area contributed by atoms with Crippen LogP contribution in [0.4, 0.5) is 0 Å². The number of aromatic nitrogens is 3. The zero-order valence-electron chi connectivity index (χ0n) is 10.6. The van der Waals surface area contributed by atoms with Crippen molar-refractivity contribution in [3.8, 4) is 0 Å². The SMILES string of the molecule is O=C(CCC1CCCC1)c1cn(C2CNC2)nn1. The van der Waals surface area contributed by atoms with Gasteiger partial charge >= 0.3 is 0 Å². The van der Waals surface area contributed by atoms with Crippen molar-refractivity contribution in [2.75, 3.05) is 13.1 Å². The number of Topliss-reactive ketones (excluding diaryl/α,β-unsaturated/α-hetero) is 1. The molecule has 2 fully saturated rings. The molecule has 0 spiro atoms. The Morgan fingerprint density at radius 3 is 2.83 bits per heavy atom. The molecule has 2 heterocycles. The number of nitrogens with zero attached hydrogens (tertiary/aromatic N) is 3. The molecule has 98 valence electrons. The molecule has 1 aromatic rings. The van der Waals surface area contributed by atoms with E-state index in [-0.39, 0.29) is 5.78 Å². The Labute approximate surface area is 107 Å². The minimum absolute atomic E-state index is 0.153. The lowest BCUT2D eigenvalue weighted by Gasteiger charge is -2.26. The van der Waals surface area contributed by atoms with Gasteiger partial charge in [0.1, 0.15) is 5.69 Å². The van der Waals surface area contributed by atoms with Crippen molar-refractivity contribution < 1.29 is 4.79 Å². The molecular formula is C13H20N4O. The molecule has 18 heavy (non-hydrogen) atoms. The molecule has 1 aliphatic carbocycles. The van der Waals surface area contributed by atoms with Gasteiger partial charge in [0.05, 0.1) is 12.2 Å². The van der Waals surface area contributed by atoms with Crippen LogP contribution in [0.2, 0.25) is 0 Å². The molecule has 0 bridgehead atoms. The van der Waals surface area contributed by atoms with Crippen LogP contribution in [-0.4, -0.2) is 33.9 Å². The summed E-state index contributed by atoms with van der Waals surface area (Å²) < 4.78 is 1.82. The second-order valence-electron chi connectivity index (χ2n) is 5.51. The van der Waals surface area contributed by atoms with Gasteiger partial charge in [0.15, 0.2) is 5.78 Å². The van der Waals surface area contributed by atoms with E-state index in [1.54, 1.807) is 0 Å². The highest BCUT2D eigenvalue weighted by Gasteiger charge is 2.22. The Morgan fingerprint density at radius 2 is 2.17 bits per heavy atom. The topological polar surface area (TPSA) is 59.8 Å². The van der Waals surface area contributed by atoms with Gasteiger partial charge in [-0.1, -0.05) is 30.9 Å². The van der Waals surface area contributed by atoms with Crippen molar-refractivity contribution in [2.45, 2.75) is 44.6 Å². The standard InChI is InChI=1S/C13H20N4O/c18-13(6-5-10-3-1-2-4-10)12-9-17(16-15-12)11-7-14-8-11/h9-11,14H,1-8H2. The molecule has 0 atom stereocenters. The number of carbonyl (C=O) groups is 1. The predicted octanol–water partition coefficient (Wildman–Crippen LogP) is 1.58. The van der Waals surface area contributed by atoms with Crippen LogP contribution in [-0.2, 0) is 0 Å². The van der Waals surface area contributed by atoms with Crippen molar-refractivity contribution >= 4 is 5.78 Å². The zero-order valence-corrected chi connectivity index (χ0v) is 10.6. The summed E-state index contributed by atoms with van der Waals surface area (Å²) in [7, 11) is 0. The van der Waals surface area contributed by atoms with Gasteiger partial charge in [-0.2, -0.15) is 0 Å². The third-order valence-electron chi connectivity index (χ3n) is 4.18. The number of rotatable bonds is 5. The van der Waals surface area contributed by atoms with Crippen LogP contribution in [0.5, 0.6) is 0 Å². The average molecular weight is 248 g/mol. The van der Waals surface area contributed by atoms with Crippen LogP contribution in [0, 0.1) is 5.92 Å². The van der Waals surface area contributed by atoms with Gasteiger partial charge in [-0.25, -0.2) is 4.68 Å². The fraction of sp³-hybridized carbons (Fsp3) is 0.769. The third-order valence-corrected chi connectivity index (χ3v) is 4.18. The molecule has 5 heteroatoms. The molecule has 5 nitrogen and oxygen atoms in total. The fourth-order valence-electron chi connectivity index (χ4n) is 2.81. The molecule has 1 aliphatic heterocycles. The average Bonchev–Trinajstić information content (AvgIpc) is 2.94. The maximum absolute atomic E-state index is 12.0. The predicted molar refractivity (Wildman–Crippen MR) is 67.5 cm³/mol. The summed E-state index contributed by atoms with van der Waals surface area (Å²) in [5.74, 6) is 0.917. The number of carbonyl (C=O) groups excluding carboxylic acids is 1. The Kier molecular flexibility index (Phi) is 3.41. The van der Waals surface area contributed by atoms with E-state index < -0.39 is 0 Å². The number of ketones is 1. The first-order valence-electron chi connectivity index (χ1n) is 6.98. The maximum Gasteiger partial charge on any atom is 0.184 e. The maximum atomic E-state index is 12.0. The Balaban J connectivity index is 1.52. The van der Waals surface area contributed by atoms with E-state index >= 15 is 0 Å². The second-order valence-corrected chi connectivity index (χ2v) is 5.51. The first kappa shape index (κ1) is 11.8. The molecule has 1 saturated carbocycles. The van der Waals surface area contributed by atoms with Crippen molar-refractivity contribution in [3.63, 3.8) is 0 Å². The zero-order chi connectivity index (χ0) is 12.4. The molecule has 0 unspecified atom stereocenters. The fourth-order valence-corrected chi connectivity index (χ4v) is 2.81. The molecule has 2 aliphatic rings. The quantitative estimate of drug-likeness (QED) is 0.804. The molecule has 0 aromatic carbocycles. The molecule has 0 amide bonds. The number of hydrogen-bond acceptors (Lipinski definition) is 4. The van der Waals surface area contributed by atoms with Crippen molar-refractivity contribution in [1.29, 1.82) is 0 Å². The Morgan fingerprint density at radius 1 is 1.39 bits per heavy atom. The van der Waals surface area contributed by atoms with E-state index in [0.717, 1.165) is 25.4 Å². The van der Waals surface area contributed by atoms with Crippen LogP contribution in [0.15, 0.2) is 6.20 Å². The smallest absolute Gasteiger partial charge is 0.184 e. The third kappa shape index (κ3) is 2.46. The van der Waals surface area contributed by atoms with Crippen LogP contribution in [0.1, 0.15) is 55.1 Å². The van der Waals surface area contributed by atoms with E-state index in [1.807, 2.05) is 10.9 Å². The van der Waals surface area contributed by atoms with Crippen LogP contribution in [0.3, 0.4) is 0 Å². The van der Waals surface area contributed by atoms with Crippen LogP contribution >= 0.6 is 0 Å². The highest BCUT2D eigenvalue weighted by Crippen LogP contribution is 2.28. The van der Waals surface area contributed by atoms with Crippen molar-refractivity contribution in [3.05, 3.63) is 11.9 Å². The minimum Gasteiger partial charge on any atom is -0.312 e. The molecule has 1 N–H and O–H groups in total. The largest absolute Gasteiger partial charge is 0.312 e. The van der Waals surface area contributed by atoms with Crippen LogP contribution < -0.4 is 5.32 Å². The normalized spacial score (nSPS) is 21.1. The highest BCUT2D eigenvalue weighted by molar-refractivity contribution is 5.93. The lowest BCUT2D eigenvalue weighted by atomic mass is 9.99. The van der Waals surface area contributed by atoms with Crippen molar-refractivity contribution in [2.24, 2.45) is 5.92 Å². The highest BCUT2D eigenvalue weighted by atomic mass is 16.1. The molecule has 0 radical (unpaired) electrons. The van der Waals surface area contributed by atoms with Gasteiger partial charge in [0.25, 0.3) is 0 Å². The monoisotopic (exact) mass is 248 g/mol. The summed E-state index contributed by atoms with van der Waals surface area (Å²) in [5.41, 5.74) is 0.542. The van der Waals surface area contributed by atoms with Gasteiger partial charge in [0.2, 0.25) is 0 Å². The molecule has 1 saturated heterocycles. The van der Waals surface area contributed by atoms with E-state index in [1.165, 1.54) is 25.7 Å². The van der Waals surface area contributed by atoms with Gasteiger partial charge in [0, 0.05) is 19.5 Å². The van der Waals surface area contributed by atoms with Crippen molar-refractivity contribution in [1.82, 2.24) is 20.3 Å². The first-order chi connectivity index (χ1) is 8.83. The lowest BCUT2D eigenvalue weighted by molar-refractivity contribution is 0.0969. The number of hydrogen-bond donors (Lipinski definition) is 1. The molecule has 1 aromatic heterocycles. The molecular weight excluding hydrogens is 228 g/mol. The molecule has 3 rings (SSSR count). The Bertz CT molecular complexity index is 418. The van der Waals surface area contributed by atoms with Gasteiger partial charge in [-0.3, -0.25) is 4.79 Å². The van der Waals surface area contributed by atoms with E-state index in [4.69, 9.17) is 0 Å². The van der Waals surface area contributed by atoms with E-state index in [9.17, 15) is 4.79 Å². The van der Waals surface area contributed by atoms with E-state index in [0.29, 0.717) is 18.2 Å². The number of nitrogens with one attached hydrogen (secondary N) is 1. The van der Waals surface area contributed by atoms with E-state index in [2.05, 4.69) is 15.6 Å². The first-order valence-corrected chi connectivity index (χ1v) is 6.98. The van der Waals surface area contributed by atoms with Gasteiger partial charge < -0.3 is 5.32 Å². The summed E-state index contributed by atoms with van der Waals surface area (Å²) in [6.07, 6.45) is 8.74. The Hall–Kier alpha value is -1.23.